The van der Waals surface area contributed by atoms with Gasteiger partial charge >= 0.3 is 5.97 Å². The first-order chi connectivity index (χ1) is 20.2. The lowest BCUT2D eigenvalue weighted by molar-refractivity contribution is -0.122. The average molecular weight is 624 g/mol. The molecule has 1 saturated heterocycles. The van der Waals surface area contributed by atoms with E-state index in [0.717, 1.165) is 10.0 Å². The Hall–Kier alpha value is -4.43. The number of pyridine rings is 1. The summed E-state index contributed by atoms with van der Waals surface area (Å²) >= 11 is 3.35. The molecule has 0 radical (unpaired) electrons. The number of halogens is 1. The Labute approximate surface area is 251 Å². The van der Waals surface area contributed by atoms with E-state index in [2.05, 4.69) is 15.9 Å². The molecule has 4 aromatic rings. The Kier molecular flexibility index (Phi) is 7.33. The summed E-state index contributed by atoms with van der Waals surface area (Å²) in [5.74, 6) is -1.93. The Bertz CT molecular complexity index is 1780. The summed E-state index contributed by atoms with van der Waals surface area (Å²) in [5, 5.41) is 0.620. The fourth-order valence-electron chi connectivity index (χ4n) is 5.82. The van der Waals surface area contributed by atoms with Crippen LogP contribution in [0.25, 0.3) is 22.2 Å². The van der Waals surface area contributed by atoms with Crippen molar-refractivity contribution in [3.8, 4) is 11.3 Å². The lowest BCUT2D eigenvalue weighted by atomic mass is 9.78. The van der Waals surface area contributed by atoms with Crippen molar-refractivity contribution >= 4 is 56.1 Å². The largest absolute Gasteiger partial charge is 0.454 e. The van der Waals surface area contributed by atoms with Gasteiger partial charge in [-0.1, -0.05) is 77.5 Å². The number of aryl methyl sites for hydroxylation is 1. The van der Waals surface area contributed by atoms with Gasteiger partial charge in [0.15, 0.2) is 12.4 Å². The molecule has 2 heterocycles. The number of fused-ring (bicyclic) bond motifs is 2. The fourth-order valence-corrected chi connectivity index (χ4v) is 6.08. The van der Waals surface area contributed by atoms with E-state index in [1.165, 1.54) is 4.90 Å². The zero-order chi connectivity index (χ0) is 29.5. The minimum absolute atomic E-state index is 0.0119. The number of ketones is 1. The molecule has 2 amide bonds. The molecule has 0 bridgehead atoms. The molecule has 3 atom stereocenters. The van der Waals surface area contributed by atoms with Crippen molar-refractivity contribution in [2.24, 2.45) is 17.8 Å². The Morgan fingerprint density at radius 2 is 1.74 bits per heavy atom. The monoisotopic (exact) mass is 622 g/mol. The van der Waals surface area contributed by atoms with Crippen molar-refractivity contribution in [2.75, 3.05) is 11.5 Å². The number of Topliss-reactive ketones (excluding diaryl/α,β-unsaturated/α-hetero) is 1. The Morgan fingerprint density at radius 3 is 2.45 bits per heavy atom. The first-order valence-corrected chi connectivity index (χ1v) is 14.5. The van der Waals surface area contributed by atoms with Gasteiger partial charge < -0.3 is 4.74 Å². The number of amides is 2. The minimum atomic E-state index is -0.630. The number of esters is 1. The summed E-state index contributed by atoms with van der Waals surface area (Å²) in [6.45, 7) is 3.49. The summed E-state index contributed by atoms with van der Waals surface area (Å²) in [5.41, 5.74) is 4.00. The molecule has 42 heavy (non-hydrogen) atoms. The first-order valence-electron chi connectivity index (χ1n) is 13.7. The number of anilines is 1. The zero-order valence-electron chi connectivity index (χ0n) is 23.0. The highest BCUT2D eigenvalue weighted by atomic mass is 79.9. The normalized spacial score (nSPS) is 19.7. The van der Waals surface area contributed by atoms with E-state index < -0.39 is 12.6 Å². The number of carbonyl (C=O) groups excluding carboxylic acids is 4. The maximum Gasteiger partial charge on any atom is 0.339 e. The van der Waals surface area contributed by atoms with Gasteiger partial charge in [-0.05, 0) is 55.2 Å². The van der Waals surface area contributed by atoms with E-state index in [4.69, 9.17) is 9.72 Å². The van der Waals surface area contributed by atoms with Gasteiger partial charge in [0.2, 0.25) is 11.8 Å². The van der Waals surface area contributed by atoms with Crippen LogP contribution < -0.4 is 4.90 Å². The van der Waals surface area contributed by atoms with Crippen molar-refractivity contribution in [1.29, 1.82) is 0 Å². The van der Waals surface area contributed by atoms with Crippen LogP contribution in [0.15, 0.2) is 89.4 Å². The van der Waals surface area contributed by atoms with Crippen LogP contribution in [0.1, 0.15) is 39.6 Å². The highest BCUT2D eigenvalue weighted by Gasteiger charge is 2.50. The van der Waals surface area contributed by atoms with E-state index in [9.17, 15) is 19.2 Å². The third-order valence-corrected chi connectivity index (χ3v) is 8.58. The second kappa shape index (κ2) is 11.1. The number of rotatable bonds is 6. The molecule has 0 spiro atoms. The maximum atomic E-state index is 13.3. The molecule has 2 aliphatic rings. The SMILES string of the molecule is Cc1cccc2c(C(=O)OCC(=O)c3ccc(Br)cc3)cc(-c3ccc(N4C(=O)C5CC=CC(C)C5C4=O)cc3)nc12. The van der Waals surface area contributed by atoms with Gasteiger partial charge in [0.05, 0.1) is 34.3 Å². The summed E-state index contributed by atoms with van der Waals surface area (Å²) in [6.07, 6.45) is 4.56. The molecule has 1 aliphatic carbocycles. The molecular weight excluding hydrogens is 596 g/mol. The summed E-state index contributed by atoms with van der Waals surface area (Å²) in [7, 11) is 0. The van der Waals surface area contributed by atoms with E-state index in [1.807, 2.05) is 38.1 Å². The molecule has 0 saturated carbocycles. The second-order valence-electron chi connectivity index (χ2n) is 10.7. The third-order valence-electron chi connectivity index (χ3n) is 8.06. The fraction of sp³-hybridized carbons (Fsp3) is 0.206. The van der Waals surface area contributed by atoms with Crippen molar-refractivity contribution in [3.05, 3.63) is 106 Å². The van der Waals surface area contributed by atoms with Gasteiger partial charge in [0.1, 0.15) is 0 Å². The van der Waals surface area contributed by atoms with Gasteiger partial charge in [-0.2, -0.15) is 0 Å². The number of imide groups is 1. The number of hydrogen-bond acceptors (Lipinski definition) is 6. The van der Waals surface area contributed by atoms with Crippen LogP contribution in [-0.4, -0.2) is 35.2 Å². The molecule has 1 aliphatic heterocycles. The topological polar surface area (TPSA) is 93.6 Å². The van der Waals surface area contributed by atoms with Crippen molar-refractivity contribution < 1.29 is 23.9 Å². The van der Waals surface area contributed by atoms with Gasteiger partial charge in [0.25, 0.3) is 0 Å². The number of nitrogens with zero attached hydrogens (tertiary/aromatic N) is 2. The predicted octanol–water partition coefficient (Wildman–Crippen LogP) is 6.71. The van der Waals surface area contributed by atoms with Gasteiger partial charge in [-0.3, -0.25) is 19.3 Å². The van der Waals surface area contributed by atoms with Crippen molar-refractivity contribution in [1.82, 2.24) is 4.98 Å². The number of para-hydroxylation sites is 1. The molecule has 1 aromatic heterocycles. The number of hydrogen-bond donors (Lipinski definition) is 0. The van der Waals surface area contributed by atoms with Crippen LogP contribution in [-0.2, 0) is 14.3 Å². The molecular formula is C34H27BrN2O5. The highest BCUT2D eigenvalue weighted by Crippen LogP contribution is 2.40. The second-order valence-corrected chi connectivity index (χ2v) is 11.7. The number of allylic oxidation sites excluding steroid dienone is 2. The van der Waals surface area contributed by atoms with Gasteiger partial charge in [0, 0.05) is 21.0 Å². The van der Waals surface area contributed by atoms with E-state index in [0.29, 0.717) is 45.4 Å². The predicted molar refractivity (Wildman–Crippen MR) is 163 cm³/mol. The smallest absolute Gasteiger partial charge is 0.339 e. The van der Waals surface area contributed by atoms with Crippen molar-refractivity contribution in [3.63, 3.8) is 0 Å². The summed E-state index contributed by atoms with van der Waals surface area (Å²) in [6, 6.07) is 21.1. The lowest BCUT2D eigenvalue weighted by Gasteiger charge is -2.22. The Balaban J connectivity index is 1.29. The maximum absolute atomic E-state index is 13.3. The van der Waals surface area contributed by atoms with Crippen LogP contribution in [0, 0.1) is 24.7 Å². The summed E-state index contributed by atoms with van der Waals surface area (Å²) < 4.78 is 6.31. The standard InChI is InChI=1S/C34H27BrN2O5/c1-19-5-3-8-26-30(19)33(40)37(32(26)39)24-15-11-21(12-16-24)28-17-27(25-7-4-6-20(2)31(25)36-28)34(41)42-18-29(38)22-9-13-23(35)14-10-22/h3-7,9-17,19,26,30H,8,18H2,1-2H3. The quantitative estimate of drug-likeness (QED) is 0.103. The number of benzene rings is 3. The van der Waals surface area contributed by atoms with Gasteiger partial charge in [-0.25, -0.2) is 9.78 Å². The minimum Gasteiger partial charge on any atom is -0.454 e. The van der Waals surface area contributed by atoms with E-state index in [1.54, 1.807) is 60.7 Å². The first kappa shape index (κ1) is 27.7. The molecule has 3 aromatic carbocycles. The Morgan fingerprint density at radius 1 is 1.00 bits per heavy atom. The van der Waals surface area contributed by atoms with Crippen molar-refractivity contribution in [2.45, 2.75) is 20.3 Å². The molecule has 210 valence electrons. The van der Waals surface area contributed by atoms with E-state index >= 15 is 0 Å². The van der Waals surface area contributed by atoms with Crippen LogP contribution >= 0.6 is 15.9 Å². The molecule has 3 unspecified atom stereocenters. The average Bonchev–Trinajstić information content (AvgIpc) is 3.26. The van der Waals surface area contributed by atoms with Gasteiger partial charge in [-0.15, -0.1) is 0 Å². The number of ether oxygens (including phenoxy) is 1. The third kappa shape index (κ3) is 4.96. The summed E-state index contributed by atoms with van der Waals surface area (Å²) in [4.78, 5) is 58.4. The molecule has 7 nitrogen and oxygen atoms in total. The molecule has 0 N–H and O–H groups in total. The lowest BCUT2D eigenvalue weighted by Crippen LogP contribution is -2.31. The number of carbonyl (C=O) groups is 4. The molecule has 1 fully saturated rings. The van der Waals surface area contributed by atoms with Crippen LogP contribution in [0.3, 0.4) is 0 Å². The van der Waals surface area contributed by atoms with Crippen LogP contribution in [0.4, 0.5) is 5.69 Å². The van der Waals surface area contributed by atoms with E-state index in [-0.39, 0.29) is 35.4 Å². The highest BCUT2D eigenvalue weighted by molar-refractivity contribution is 9.10. The van der Waals surface area contributed by atoms with Crippen LogP contribution in [0.5, 0.6) is 0 Å². The van der Waals surface area contributed by atoms with Crippen LogP contribution in [0.2, 0.25) is 0 Å². The molecule has 8 heteroatoms. The zero-order valence-corrected chi connectivity index (χ0v) is 24.6. The molecule has 6 rings (SSSR count). The number of aromatic nitrogens is 1.